The summed E-state index contributed by atoms with van der Waals surface area (Å²) in [6.45, 7) is 1.08. The molecule has 4 rings (SSSR count). The minimum absolute atomic E-state index is 0.138. The number of furan rings is 1. The summed E-state index contributed by atoms with van der Waals surface area (Å²) in [6.07, 6.45) is 2.24. The first kappa shape index (κ1) is 19.6. The van der Waals surface area contributed by atoms with Crippen LogP contribution in [0.4, 0.5) is 5.69 Å². The highest BCUT2D eigenvalue weighted by molar-refractivity contribution is 6.06. The molecule has 0 unspecified atom stereocenters. The summed E-state index contributed by atoms with van der Waals surface area (Å²) in [5.41, 5.74) is 3.19. The number of carbonyl (C=O) groups is 2. The van der Waals surface area contributed by atoms with Crippen LogP contribution < -0.4 is 14.8 Å². The number of rotatable bonds is 5. The molecule has 3 aromatic rings. The van der Waals surface area contributed by atoms with E-state index in [-0.39, 0.29) is 11.8 Å². The van der Waals surface area contributed by atoms with E-state index in [1.807, 2.05) is 18.2 Å². The van der Waals surface area contributed by atoms with Gasteiger partial charge in [-0.25, -0.2) is 0 Å². The number of methoxy groups -OCH3 is 2. The van der Waals surface area contributed by atoms with Crippen LogP contribution in [0, 0.1) is 0 Å². The van der Waals surface area contributed by atoms with Crippen LogP contribution in [0.2, 0.25) is 0 Å². The Hall–Kier alpha value is -3.74. The van der Waals surface area contributed by atoms with E-state index in [1.54, 1.807) is 35.2 Å². The lowest BCUT2D eigenvalue weighted by Crippen LogP contribution is -2.35. The van der Waals surface area contributed by atoms with Crippen molar-refractivity contribution in [3.05, 3.63) is 77.2 Å². The summed E-state index contributed by atoms with van der Waals surface area (Å²) < 4.78 is 15.9. The zero-order chi connectivity index (χ0) is 21.1. The van der Waals surface area contributed by atoms with Crippen LogP contribution in [0.25, 0.3) is 0 Å². The smallest absolute Gasteiger partial charge is 0.289 e. The zero-order valence-corrected chi connectivity index (χ0v) is 16.8. The molecule has 2 heterocycles. The molecular formula is C23H22N2O5. The van der Waals surface area contributed by atoms with Crippen molar-refractivity contribution in [1.82, 2.24) is 4.90 Å². The highest BCUT2D eigenvalue weighted by Gasteiger charge is 2.24. The van der Waals surface area contributed by atoms with E-state index >= 15 is 0 Å². The number of para-hydroxylation sites is 1. The van der Waals surface area contributed by atoms with E-state index < -0.39 is 0 Å². The van der Waals surface area contributed by atoms with Gasteiger partial charge in [-0.3, -0.25) is 9.59 Å². The van der Waals surface area contributed by atoms with Gasteiger partial charge < -0.3 is 24.1 Å². The van der Waals surface area contributed by atoms with Crippen molar-refractivity contribution >= 4 is 17.5 Å². The average Bonchev–Trinajstić information content (AvgIpc) is 3.32. The van der Waals surface area contributed by atoms with Crippen LogP contribution in [0.3, 0.4) is 0 Å². The van der Waals surface area contributed by atoms with Crippen LogP contribution in [-0.2, 0) is 13.0 Å². The Labute approximate surface area is 174 Å². The second-order valence-electron chi connectivity index (χ2n) is 6.93. The van der Waals surface area contributed by atoms with E-state index in [2.05, 4.69) is 5.32 Å². The Morgan fingerprint density at radius 1 is 1.03 bits per heavy atom. The third-order valence-corrected chi connectivity index (χ3v) is 5.14. The molecule has 2 amide bonds. The fourth-order valence-corrected chi connectivity index (χ4v) is 3.63. The predicted molar refractivity (Wildman–Crippen MR) is 111 cm³/mol. The molecule has 7 nitrogen and oxygen atoms in total. The molecule has 0 bridgehead atoms. The molecule has 154 valence electrons. The molecule has 7 heteroatoms. The van der Waals surface area contributed by atoms with Gasteiger partial charge in [0, 0.05) is 18.8 Å². The van der Waals surface area contributed by atoms with E-state index in [0.29, 0.717) is 41.6 Å². The first-order chi connectivity index (χ1) is 14.6. The number of anilines is 1. The van der Waals surface area contributed by atoms with Crippen molar-refractivity contribution in [2.24, 2.45) is 0 Å². The Morgan fingerprint density at radius 3 is 2.63 bits per heavy atom. The average molecular weight is 406 g/mol. The minimum atomic E-state index is -0.301. The Morgan fingerprint density at radius 2 is 1.90 bits per heavy atom. The number of fused-ring (bicyclic) bond motifs is 1. The number of hydrogen-bond donors (Lipinski definition) is 1. The van der Waals surface area contributed by atoms with Gasteiger partial charge in [0.05, 0.1) is 26.0 Å². The maximum Gasteiger partial charge on any atom is 0.289 e. The molecule has 1 N–H and O–H groups in total. The SMILES string of the molecule is COc1cccc(C(=O)Nc2ccc3c(c2)CN(C(=O)c2ccco2)CC3)c1OC. The van der Waals surface area contributed by atoms with Crippen molar-refractivity contribution in [2.45, 2.75) is 13.0 Å². The van der Waals surface area contributed by atoms with Gasteiger partial charge >= 0.3 is 0 Å². The molecule has 0 radical (unpaired) electrons. The standard InChI is InChI=1S/C23H22N2O5/c1-28-19-6-3-5-18(21(19)29-2)22(26)24-17-9-8-15-10-11-25(14-16(15)13-17)23(27)20-7-4-12-30-20/h3-9,12-13H,10-11,14H2,1-2H3,(H,24,26). The molecule has 0 spiro atoms. The van der Waals surface area contributed by atoms with Crippen LogP contribution in [0.1, 0.15) is 32.0 Å². The summed E-state index contributed by atoms with van der Waals surface area (Å²) in [4.78, 5) is 27.2. The Kier molecular flexibility index (Phi) is 5.43. The zero-order valence-electron chi connectivity index (χ0n) is 16.8. The van der Waals surface area contributed by atoms with E-state index in [1.165, 1.54) is 20.5 Å². The summed E-state index contributed by atoms with van der Waals surface area (Å²) in [5.74, 6) is 0.757. The highest BCUT2D eigenvalue weighted by atomic mass is 16.5. The van der Waals surface area contributed by atoms with E-state index in [9.17, 15) is 9.59 Å². The molecular weight excluding hydrogens is 384 g/mol. The summed E-state index contributed by atoms with van der Waals surface area (Å²) >= 11 is 0. The van der Waals surface area contributed by atoms with Crippen LogP contribution in [-0.4, -0.2) is 37.5 Å². The molecule has 0 atom stereocenters. The second kappa shape index (κ2) is 8.32. The normalized spacial score (nSPS) is 12.8. The summed E-state index contributed by atoms with van der Waals surface area (Å²) in [7, 11) is 3.02. The third-order valence-electron chi connectivity index (χ3n) is 5.14. The number of carbonyl (C=O) groups excluding carboxylic acids is 2. The number of hydrogen-bond acceptors (Lipinski definition) is 5. The van der Waals surface area contributed by atoms with E-state index in [4.69, 9.17) is 13.9 Å². The van der Waals surface area contributed by atoms with Gasteiger partial charge in [0.25, 0.3) is 11.8 Å². The Balaban J connectivity index is 1.53. The summed E-state index contributed by atoms with van der Waals surface area (Å²) in [5, 5.41) is 2.91. The number of amides is 2. The molecule has 1 aliphatic rings. The van der Waals surface area contributed by atoms with Crippen molar-refractivity contribution in [3.8, 4) is 11.5 Å². The van der Waals surface area contributed by atoms with Gasteiger partial charge in [-0.1, -0.05) is 12.1 Å². The van der Waals surface area contributed by atoms with Crippen molar-refractivity contribution in [2.75, 3.05) is 26.1 Å². The first-order valence-corrected chi connectivity index (χ1v) is 9.57. The van der Waals surface area contributed by atoms with Gasteiger partial charge in [-0.05, 0) is 53.9 Å². The maximum atomic E-state index is 12.8. The fraction of sp³-hybridized carbons (Fsp3) is 0.217. The van der Waals surface area contributed by atoms with Gasteiger partial charge in [-0.15, -0.1) is 0 Å². The van der Waals surface area contributed by atoms with E-state index in [0.717, 1.165) is 17.5 Å². The van der Waals surface area contributed by atoms with Gasteiger partial charge in [-0.2, -0.15) is 0 Å². The molecule has 0 saturated carbocycles. The van der Waals surface area contributed by atoms with Crippen LogP contribution >= 0.6 is 0 Å². The largest absolute Gasteiger partial charge is 0.493 e. The monoisotopic (exact) mass is 406 g/mol. The molecule has 0 saturated heterocycles. The number of nitrogens with zero attached hydrogens (tertiary/aromatic N) is 1. The van der Waals surface area contributed by atoms with Gasteiger partial charge in [0.15, 0.2) is 17.3 Å². The number of nitrogens with one attached hydrogen (secondary N) is 1. The molecule has 1 aliphatic heterocycles. The lowest BCUT2D eigenvalue weighted by atomic mass is 9.98. The number of benzene rings is 2. The lowest BCUT2D eigenvalue weighted by molar-refractivity contribution is 0.0702. The second-order valence-corrected chi connectivity index (χ2v) is 6.93. The fourth-order valence-electron chi connectivity index (χ4n) is 3.63. The lowest BCUT2D eigenvalue weighted by Gasteiger charge is -2.28. The quantitative estimate of drug-likeness (QED) is 0.698. The molecule has 30 heavy (non-hydrogen) atoms. The summed E-state index contributed by atoms with van der Waals surface area (Å²) in [6, 6.07) is 14.3. The predicted octanol–water partition coefficient (Wildman–Crippen LogP) is 3.75. The topological polar surface area (TPSA) is 81.0 Å². The number of ether oxygens (including phenoxy) is 2. The minimum Gasteiger partial charge on any atom is -0.493 e. The molecule has 1 aromatic heterocycles. The van der Waals surface area contributed by atoms with Crippen LogP contribution in [0.5, 0.6) is 11.5 Å². The van der Waals surface area contributed by atoms with Gasteiger partial charge in [0.1, 0.15) is 0 Å². The third kappa shape index (κ3) is 3.74. The van der Waals surface area contributed by atoms with Crippen LogP contribution in [0.15, 0.2) is 59.2 Å². The van der Waals surface area contributed by atoms with Crippen molar-refractivity contribution in [3.63, 3.8) is 0 Å². The highest BCUT2D eigenvalue weighted by Crippen LogP contribution is 2.31. The first-order valence-electron chi connectivity index (χ1n) is 9.57. The maximum absolute atomic E-state index is 12.8. The molecule has 0 aliphatic carbocycles. The van der Waals surface area contributed by atoms with Gasteiger partial charge in [0.2, 0.25) is 0 Å². The van der Waals surface area contributed by atoms with Crippen molar-refractivity contribution in [1.29, 1.82) is 0 Å². The molecule has 2 aromatic carbocycles. The van der Waals surface area contributed by atoms with Crippen molar-refractivity contribution < 1.29 is 23.5 Å². The molecule has 0 fully saturated rings. The Bertz CT molecular complexity index is 1080.